The maximum Gasteiger partial charge on any atom is 0.403 e. The van der Waals surface area contributed by atoms with Crippen molar-refractivity contribution in [3.63, 3.8) is 0 Å². The number of ether oxygens (including phenoxy) is 1. The number of halogens is 3. The molecule has 1 rings (SSSR count). The van der Waals surface area contributed by atoms with Crippen molar-refractivity contribution in [3.05, 3.63) is 35.9 Å². The van der Waals surface area contributed by atoms with Gasteiger partial charge in [0.25, 0.3) is 0 Å². The lowest BCUT2D eigenvalue weighted by molar-refractivity contribution is -0.154. The van der Waals surface area contributed by atoms with Gasteiger partial charge in [0.1, 0.15) is 12.6 Å². The molecule has 0 aliphatic carbocycles. The Kier molecular flexibility index (Phi) is 5.15. The summed E-state index contributed by atoms with van der Waals surface area (Å²) in [5.41, 5.74) is 5.66. The highest BCUT2D eigenvalue weighted by atomic mass is 19.4. The van der Waals surface area contributed by atoms with Gasteiger partial charge in [0, 0.05) is 6.42 Å². The maximum absolute atomic E-state index is 12.1. The Bertz CT molecular complexity index is 379. The van der Waals surface area contributed by atoms with Crippen molar-refractivity contribution in [2.24, 2.45) is 5.73 Å². The number of carbonyl (C=O) groups excluding carboxylic acids is 1. The minimum atomic E-state index is -4.47. The lowest BCUT2D eigenvalue weighted by atomic mass is 10.1. The summed E-state index contributed by atoms with van der Waals surface area (Å²) in [4.78, 5) is 11.2. The molecule has 3 nitrogen and oxygen atoms in total. The van der Waals surface area contributed by atoms with E-state index in [0.717, 1.165) is 5.56 Å². The van der Waals surface area contributed by atoms with Gasteiger partial charge in [0.15, 0.2) is 0 Å². The van der Waals surface area contributed by atoms with Gasteiger partial charge >= 0.3 is 12.1 Å². The van der Waals surface area contributed by atoms with E-state index in [1.165, 1.54) is 0 Å². The molecule has 0 radical (unpaired) electrons. The van der Waals surface area contributed by atoms with Crippen molar-refractivity contribution < 1.29 is 22.7 Å². The quantitative estimate of drug-likeness (QED) is 0.828. The minimum absolute atomic E-state index is 0.0565. The molecule has 0 fully saturated rings. The predicted octanol–water partition coefficient (Wildman–Crippen LogP) is 2.40. The van der Waals surface area contributed by atoms with Crippen molar-refractivity contribution in [2.75, 3.05) is 0 Å². The Balaban J connectivity index is 2.27. The van der Waals surface area contributed by atoms with E-state index in [1.54, 1.807) is 24.3 Å². The van der Waals surface area contributed by atoms with Crippen LogP contribution in [0, 0.1) is 0 Å². The molecular formula is C12H14F3NO2. The number of esters is 1. The first kappa shape index (κ1) is 14.5. The van der Waals surface area contributed by atoms with Crippen LogP contribution in [-0.4, -0.2) is 18.2 Å². The summed E-state index contributed by atoms with van der Waals surface area (Å²) in [5, 5.41) is 0. The normalized spacial score (nSPS) is 13.1. The summed E-state index contributed by atoms with van der Waals surface area (Å²) in [7, 11) is 0. The molecule has 0 aromatic heterocycles. The van der Waals surface area contributed by atoms with E-state index in [1.807, 2.05) is 6.07 Å². The summed E-state index contributed by atoms with van der Waals surface area (Å²) < 4.78 is 41.0. The summed E-state index contributed by atoms with van der Waals surface area (Å²) in [6.07, 6.45) is -5.27. The molecule has 18 heavy (non-hydrogen) atoms. The van der Waals surface area contributed by atoms with Crippen LogP contribution in [0.4, 0.5) is 13.2 Å². The molecule has 0 amide bonds. The molecule has 0 heterocycles. The molecule has 100 valence electrons. The monoisotopic (exact) mass is 261 g/mol. The molecule has 2 N–H and O–H groups in total. The number of benzene rings is 1. The standard InChI is InChI=1S/C12H14F3NO2/c13-12(14,15)10(16)6-7-11(17)18-8-9-4-2-1-3-5-9/h1-5,10H,6-8,16H2/t10-/m0/s1. The van der Waals surface area contributed by atoms with E-state index in [0.29, 0.717) is 0 Å². The van der Waals surface area contributed by atoms with Crippen LogP contribution in [0.15, 0.2) is 30.3 Å². The predicted molar refractivity (Wildman–Crippen MR) is 59.5 cm³/mol. The zero-order chi connectivity index (χ0) is 13.6. The van der Waals surface area contributed by atoms with Crippen LogP contribution in [0.25, 0.3) is 0 Å². The van der Waals surface area contributed by atoms with Crippen molar-refractivity contribution in [1.82, 2.24) is 0 Å². The number of hydrogen-bond acceptors (Lipinski definition) is 3. The molecule has 0 aliphatic heterocycles. The first-order chi connectivity index (χ1) is 8.39. The van der Waals surface area contributed by atoms with Gasteiger partial charge in [-0.05, 0) is 12.0 Å². The molecule has 0 saturated heterocycles. The van der Waals surface area contributed by atoms with Crippen LogP contribution in [0.2, 0.25) is 0 Å². The van der Waals surface area contributed by atoms with E-state index in [2.05, 4.69) is 0 Å². The summed E-state index contributed by atoms with van der Waals surface area (Å²) in [6.45, 7) is 0.0565. The van der Waals surface area contributed by atoms with Gasteiger partial charge in [0.05, 0.1) is 0 Å². The van der Waals surface area contributed by atoms with E-state index < -0.39 is 24.6 Å². The highest BCUT2D eigenvalue weighted by Crippen LogP contribution is 2.21. The van der Waals surface area contributed by atoms with Crippen LogP contribution in [0.3, 0.4) is 0 Å². The molecule has 1 aromatic rings. The van der Waals surface area contributed by atoms with Gasteiger partial charge in [-0.2, -0.15) is 13.2 Å². The molecule has 0 spiro atoms. The third kappa shape index (κ3) is 5.18. The van der Waals surface area contributed by atoms with E-state index >= 15 is 0 Å². The Morgan fingerprint density at radius 3 is 2.44 bits per heavy atom. The van der Waals surface area contributed by atoms with E-state index in [9.17, 15) is 18.0 Å². The number of nitrogens with two attached hydrogens (primary N) is 1. The summed E-state index contributed by atoms with van der Waals surface area (Å²) >= 11 is 0. The zero-order valence-corrected chi connectivity index (χ0v) is 9.61. The fraction of sp³-hybridized carbons (Fsp3) is 0.417. The second kappa shape index (κ2) is 6.39. The van der Waals surface area contributed by atoms with Crippen molar-refractivity contribution >= 4 is 5.97 Å². The average molecular weight is 261 g/mol. The second-order valence-corrected chi connectivity index (χ2v) is 3.83. The highest BCUT2D eigenvalue weighted by molar-refractivity contribution is 5.69. The Labute approximate surface area is 103 Å². The summed E-state index contributed by atoms with van der Waals surface area (Å²) in [6, 6.07) is 6.91. The van der Waals surface area contributed by atoms with Crippen LogP contribution in [-0.2, 0) is 16.1 Å². The van der Waals surface area contributed by atoms with Gasteiger partial charge in [0.2, 0.25) is 0 Å². The number of hydrogen-bond donors (Lipinski definition) is 1. The molecule has 0 aliphatic rings. The van der Waals surface area contributed by atoms with Crippen LogP contribution in [0.5, 0.6) is 0 Å². The number of rotatable bonds is 5. The van der Waals surface area contributed by atoms with Crippen LogP contribution in [0.1, 0.15) is 18.4 Å². The van der Waals surface area contributed by atoms with Gasteiger partial charge in [-0.15, -0.1) is 0 Å². The fourth-order valence-corrected chi connectivity index (χ4v) is 1.25. The van der Waals surface area contributed by atoms with Gasteiger partial charge < -0.3 is 10.5 Å². The lowest BCUT2D eigenvalue weighted by Gasteiger charge is -2.14. The number of alkyl halides is 3. The molecule has 1 aromatic carbocycles. The van der Waals surface area contributed by atoms with Gasteiger partial charge in [-0.3, -0.25) is 4.79 Å². The van der Waals surface area contributed by atoms with E-state index in [-0.39, 0.29) is 13.0 Å². The third-order valence-corrected chi connectivity index (χ3v) is 2.32. The first-order valence-electron chi connectivity index (χ1n) is 5.41. The van der Waals surface area contributed by atoms with Crippen molar-refractivity contribution in [1.29, 1.82) is 0 Å². The Hall–Kier alpha value is -1.56. The van der Waals surface area contributed by atoms with Crippen LogP contribution < -0.4 is 5.73 Å². The molecule has 0 bridgehead atoms. The smallest absolute Gasteiger partial charge is 0.403 e. The summed E-state index contributed by atoms with van der Waals surface area (Å²) in [5.74, 6) is -0.682. The molecule has 6 heteroatoms. The molecule has 1 atom stereocenters. The van der Waals surface area contributed by atoms with Crippen molar-refractivity contribution in [2.45, 2.75) is 31.7 Å². The second-order valence-electron chi connectivity index (χ2n) is 3.83. The van der Waals surface area contributed by atoms with Gasteiger partial charge in [-0.1, -0.05) is 30.3 Å². The van der Waals surface area contributed by atoms with E-state index in [4.69, 9.17) is 10.5 Å². The van der Waals surface area contributed by atoms with Crippen LogP contribution >= 0.6 is 0 Å². The number of carbonyl (C=O) groups is 1. The first-order valence-corrected chi connectivity index (χ1v) is 5.41. The Morgan fingerprint density at radius 2 is 1.89 bits per heavy atom. The maximum atomic E-state index is 12.1. The molecule has 0 saturated carbocycles. The minimum Gasteiger partial charge on any atom is -0.461 e. The Morgan fingerprint density at radius 1 is 1.28 bits per heavy atom. The van der Waals surface area contributed by atoms with Gasteiger partial charge in [-0.25, -0.2) is 0 Å². The zero-order valence-electron chi connectivity index (χ0n) is 9.61. The topological polar surface area (TPSA) is 52.3 Å². The van der Waals surface area contributed by atoms with Crippen molar-refractivity contribution in [3.8, 4) is 0 Å². The largest absolute Gasteiger partial charge is 0.461 e. The molecular weight excluding hydrogens is 247 g/mol. The molecule has 0 unspecified atom stereocenters. The average Bonchev–Trinajstić information content (AvgIpc) is 2.33. The SMILES string of the molecule is N[C@@H](CCC(=O)OCc1ccccc1)C(F)(F)F. The fourth-order valence-electron chi connectivity index (χ4n) is 1.25. The lowest BCUT2D eigenvalue weighted by Crippen LogP contribution is -2.37. The highest BCUT2D eigenvalue weighted by Gasteiger charge is 2.36. The third-order valence-electron chi connectivity index (χ3n) is 2.32.